The van der Waals surface area contributed by atoms with Crippen LogP contribution < -0.4 is 0 Å². The van der Waals surface area contributed by atoms with E-state index in [0.29, 0.717) is 34.1 Å². The normalized spacial score (nSPS) is 24.7. The van der Waals surface area contributed by atoms with E-state index in [9.17, 15) is 5.26 Å². The Kier molecular flexibility index (Phi) is 5.31. The Labute approximate surface area is 234 Å². The Morgan fingerprint density at radius 2 is 1.38 bits per heavy atom. The Morgan fingerprint density at radius 3 is 2.10 bits per heavy atom. The Morgan fingerprint density at radius 1 is 0.675 bits per heavy atom. The highest BCUT2D eigenvalue weighted by Crippen LogP contribution is 2.61. The maximum atomic E-state index is 9.49. The molecule has 5 heteroatoms. The van der Waals surface area contributed by atoms with Crippen molar-refractivity contribution in [2.24, 2.45) is 17.8 Å². The topological polar surface area (TPSA) is 75.3 Å². The third-order valence-electron chi connectivity index (χ3n) is 9.55. The zero-order valence-electron chi connectivity index (χ0n) is 22.3. The molecule has 4 aliphatic rings. The molecule has 194 valence electrons. The van der Waals surface area contributed by atoms with E-state index in [0.717, 1.165) is 28.9 Å². The Bertz CT molecular complexity index is 1770. The van der Waals surface area contributed by atoms with Gasteiger partial charge in [0.05, 0.1) is 11.6 Å². The SMILES string of the molecule is N#Cc1cccc(-c2nc(-c3ccccn3)nc(-c3ccc(C45C[C@H]6C[C@@H](C4)C[C@@H](C5)C6)c4ccccc34)n2)c1. The summed E-state index contributed by atoms with van der Waals surface area (Å²) in [4.78, 5) is 19.3. The molecular formula is C35H29N5. The number of fused-ring (bicyclic) bond motifs is 1. The van der Waals surface area contributed by atoms with Crippen LogP contribution in [0.5, 0.6) is 0 Å². The number of hydrogen-bond acceptors (Lipinski definition) is 5. The lowest BCUT2D eigenvalue weighted by atomic mass is 9.47. The van der Waals surface area contributed by atoms with E-state index in [2.05, 4.69) is 47.5 Å². The minimum atomic E-state index is 0.300. The molecule has 0 unspecified atom stereocenters. The van der Waals surface area contributed by atoms with E-state index in [1.807, 2.05) is 36.4 Å². The van der Waals surface area contributed by atoms with Crippen LogP contribution in [0.1, 0.15) is 49.7 Å². The predicted molar refractivity (Wildman–Crippen MR) is 156 cm³/mol. The second kappa shape index (κ2) is 9.06. The zero-order chi connectivity index (χ0) is 26.7. The van der Waals surface area contributed by atoms with Gasteiger partial charge in [0.1, 0.15) is 5.69 Å². The summed E-state index contributed by atoms with van der Waals surface area (Å²) in [6, 6.07) is 28.8. The van der Waals surface area contributed by atoms with Crippen molar-refractivity contribution >= 4 is 10.8 Å². The average molecular weight is 520 g/mol. The predicted octanol–water partition coefficient (Wildman–Crippen LogP) is 7.76. The summed E-state index contributed by atoms with van der Waals surface area (Å²) in [7, 11) is 0. The second-order valence-corrected chi connectivity index (χ2v) is 12.1. The first-order valence-electron chi connectivity index (χ1n) is 14.4. The maximum Gasteiger partial charge on any atom is 0.182 e. The highest BCUT2D eigenvalue weighted by molar-refractivity contribution is 5.98. The van der Waals surface area contributed by atoms with Crippen LogP contribution in [0.4, 0.5) is 0 Å². The van der Waals surface area contributed by atoms with E-state index in [1.165, 1.54) is 54.9 Å². The van der Waals surface area contributed by atoms with Crippen LogP contribution in [0.15, 0.2) is 85.1 Å². The molecule has 0 spiro atoms. The van der Waals surface area contributed by atoms with Gasteiger partial charge in [-0.1, -0.05) is 54.6 Å². The first kappa shape index (κ1) is 23.5. The Balaban J connectivity index is 1.32. The second-order valence-electron chi connectivity index (χ2n) is 12.1. The quantitative estimate of drug-likeness (QED) is 0.243. The fraction of sp³-hybridized carbons (Fsp3) is 0.286. The summed E-state index contributed by atoms with van der Waals surface area (Å²) in [5.41, 5.74) is 4.87. The van der Waals surface area contributed by atoms with Crippen LogP contribution in [-0.4, -0.2) is 19.9 Å². The van der Waals surface area contributed by atoms with Crippen molar-refractivity contribution in [3.8, 4) is 40.4 Å². The smallest absolute Gasteiger partial charge is 0.182 e. The van der Waals surface area contributed by atoms with Gasteiger partial charge in [0.25, 0.3) is 0 Å². The highest BCUT2D eigenvalue weighted by Gasteiger charge is 2.52. The van der Waals surface area contributed by atoms with Crippen molar-refractivity contribution < 1.29 is 0 Å². The molecule has 2 aromatic heterocycles. The molecule has 4 bridgehead atoms. The van der Waals surface area contributed by atoms with E-state index >= 15 is 0 Å². The van der Waals surface area contributed by atoms with Crippen molar-refractivity contribution in [1.82, 2.24) is 19.9 Å². The van der Waals surface area contributed by atoms with Crippen LogP contribution in [0.3, 0.4) is 0 Å². The Hall–Kier alpha value is -4.43. The number of nitrogens with zero attached hydrogens (tertiary/aromatic N) is 5. The van der Waals surface area contributed by atoms with Gasteiger partial charge < -0.3 is 0 Å². The lowest BCUT2D eigenvalue weighted by Gasteiger charge is -2.57. The summed E-state index contributed by atoms with van der Waals surface area (Å²) < 4.78 is 0. The van der Waals surface area contributed by atoms with Gasteiger partial charge in [0.15, 0.2) is 17.5 Å². The molecular weight excluding hydrogens is 490 g/mol. The number of rotatable bonds is 4. The van der Waals surface area contributed by atoms with Crippen LogP contribution in [0.2, 0.25) is 0 Å². The lowest BCUT2D eigenvalue weighted by molar-refractivity contribution is -0.00449. The van der Waals surface area contributed by atoms with E-state index in [-0.39, 0.29) is 0 Å². The van der Waals surface area contributed by atoms with Crippen molar-refractivity contribution in [2.45, 2.75) is 43.9 Å². The monoisotopic (exact) mass is 519 g/mol. The summed E-state index contributed by atoms with van der Waals surface area (Å²) >= 11 is 0. The van der Waals surface area contributed by atoms with Gasteiger partial charge in [0.2, 0.25) is 0 Å². The van der Waals surface area contributed by atoms with Crippen LogP contribution >= 0.6 is 0 Å². The molecule has 0 saturated heterocycles. The largest absolute Gasteiger partial charge is 0.253 e. The van der Waals surface area contributed by atoms with Crippen molar-refractivity contribution in [2.75, 3.05) is 0 Å². The van der Waals surface area contributed by atoms with Crippen LogP contribution in [0.25, 0.3) is 45.1 Å². The first-order chi connectivity index (χ1) is 19.7. The summed E-state index contributed by atoms with van der Waals surface area (Å²) in [5.74, 6) is 4.36. The molecule has 5 aromatic rings. The molecule has 0 N–H and O–H groups in total. The molecule has 4 aliphatic carbocycles. The molecule has 0 amide bonds. The number of aromatic nitrogens is 4. The third kappa shape index (κ3) is 3.82. The fourth-order valence-corrected chi connectivity index (χ4v) is 8.36. The molecule has 5 nitrogen and oxygen atoms in total. The van der Waals surface area contributed by atoms with Gasteiger partial charge in [-0.25, -0.2) is 15.0 Å². The summed E-state index contributed by atoms with van der Waals surface area (Å²) in [5, 5.41) is 12.0. The molecule has 0 aliphatic heterocycles. The average Bonchev–Trinajstić information content (AvgIpc) is 3.00. The fourth-order valence-electron chi connectivity index (χ4n) is 8.36. The van der Waals surface area contributed by atoms with E-state index in [1.54, 1.807) is 12.3 Å². The molecule has 3 aromatic carbocycles. The van der Waals surface area contributed by atoms with Crippen LogP contribution in [0, 0.1) is 29.1 Å². The van der Waals surface area contributed by atoms with Gasteiger partial charge in [-0.15, -0.1) is 0 Å². The molecule has 0 radical (unpaired) electrons. The number of pyridine rings is 1. The number of benzene rings is 3. The zero-order valence-corrected chi connectivity index (χ0v) is 22.3. The number of hydrogen-bond donors (Lipinski definition) is 0. The highest BCUT2D eigenvalue weighted by atomic mass is 15.0. The maximum absolute atomic E-state index is 9.49. The standard InChI is InChI=1S/C35H29N5/c36-21-22-6-5-7-26(17-22)32-38-33(40-34(39-32)31-10-3-4-13-37-31)29-11-12-30(28-9-2-1-8-27(28)29)35-18-23-14-24(19-35)16-25(15-23)20-35/h1-13,17,23-25H,14-16,18-20H2/t23-,24+,25-,35?. The van der Waals surface area contributed by atoms with Gasteiger partial charge in [-0.05, 0) is 102 Å². The van der Waals surface area contributed by atoms with Crippen LogP contribution in [-0.2, 0) is 5.41 Å². The summed E-state index contributed by atoms with van der Waals surface area (Å²) in [6.07, 6.45) is 10.1. The number of nitriles is 1. The third-order valence-corrected chi connectivity index (χ3v) is 9.55. The minimum Gasteiger partial charge on any atom is -0.253 e. The minimum absolute atomic E-state index is 0.300. The molecule has 4 saturated carbocycles. The van der Waals surface area contributed by atoms with Gasteiger partial charge in [-0.3, -0.25) is 4.98 Å². The molecule has 4 fully saturated rings. The summed E-state index contributed by atoms with van der Waals surface area (Å²) in [6.45, 7) is 0. The molecule has 0 atom stereocenters. The van der Waals surface area contributed by atoms with E-state index in [4.69, 9.17) is 15.0 Å². The van der Waals surface area contributed by atoms with Gasteiger partial charge in [-0.2, -0.15) is 5.26 Å². The van der Waals surface area contributed by atoms with Crippen molar-refractivity contribution in [1.29, 1.82) is 5.26 Å². The molecule has 2 heterocycles. The van der Waals surface area contributed by atoms with E-state index < -0.39 is 0 Å². The lowest BCUT2D eigenvalue weighted by Crippen LogP contribution is -2.48. The van der Waals surface area contributed by atoms with Gasteiger partial charge in [0, 0.05) is 17.3 Å². The molecule has 9 rings (SSSR count). The van der Waals surface area contributed by atoms with Crippen molar-refractivity contribution in [3.63, 3.8) is 0 Å². The van der Waals surface area contributed by atoms with Gasteiger partial charge >= 0.3 is 0 Å². The molecule has 40 heavy (non-hydrogen) atoms. The van der Waals surface area contributed by atoms with Crippen molar-refractivity contribution in [3.05, 3.63) is 96.2 Å². The first-order valence-corrected chi connectivity index (χ1v) is 14.4.